The van der Waals surface area contributed by atoms with Gasteiger partial charge in [0.05, 0.1) is 5.25 Å². The van der Waals surface area contributed by atoms with E-state index >= 15 is 0 Å². The van der Waals surface area contributed by atoms with Gasteiger partial charge in [0.25, 0.3) is 11.8 Å². The summed E-state index contributed by atoms with van der Waals surface area (Å²) in [5.74, 6) is -0.0943. The normalized spacial score (nSPS) is 12.1. The molecule has 0 spiro atoms. The van der Waals surface area contributed by atoms with Gasteiger partial charge in [-0.2, -0.15) is 0 Å². The molecule has 1 unspecified atom stereocenters. The largest absolute Gasteiger partial charge is 0.325 e. The Kier molecular flexibility index (Phi) is 11.2. The van der Waals surface area contributed by atoms with Crippen LogP contribution in [-0.2, 0) is 9.59 Å². The molecule has 0 aliphatic carbocycles. The van der Waals surface area contributed by atoms with Gasteiger partial charge in [-0.1, -0.05) is 82.3 Å². The zero-order chi connectivity index (χ0) is 31.6. The topological polar surface area (TPSA) is 87.3 Å². The van der Waals surface area contributed by atoms with E-state index in [0.717, 1.165) is 16.1 Å². The molecule has 0 fully saturated rings. The molecular formula is C37H39N3O3S. The van der Waals surface area contributed by atoms with Gasteiger partial charge in [-0.05, 0) is 90.1 Å². The van der Waals surface area contributed by atoms with Crippen LogP contribution in [0.4, 0.5) is 11.4 Å². The second-order valence-electron chi connectivity index (χ2n) is 11.2. The highest BCUT2D eigenvalue weighted by Crippen LogP contribution is 2.26. The third-order valence-electron chi connectivity index (χ3n) is 7.08. The number of rotatable bonds is 11. The second kappa shape index (κ2) is 15.2. The van der Waals surface area contributed by atoms with Crippen LogP contribution >= 0.6 is 11.8 Å². The second-order valence-corrected chi connectivity index (χ2v) is 12.6. The van der Waals surface area contributed by atoms with Crippen molar-refractivity contribution >= 4 is 46.9 Å². The van der Waals surface area contributed by atoms with Crippen LogP contribution in [0.1, 0.15) is 73.5 Å². The summed E-state index contributed by atoms with van der Waals surface area (Å²) in [5, 5.41) is 8.31. The van der Waals surface area contributed by atoms with Crippen molar-refractivity contribution in [1.29, 1.82) is 0 Å². The minimum Gasteiger partial charge on any atom is -0.325 e. The summed E-state index contributed by atoms with van der Waals surface area (Å²) in [6, 6.07) is 31.9. The Morgan fingerprint density at radius 3 is 1.73 bits per heavy atom. The Hall–Kier alpha value is -4.62. The van der Waals surface area contributed by atoms with E-state index in [2.05, 4.69) is 43.6 Å². The Bertz CT molecular complexity index is 1600. The summed E-state index contributed by atoms with van der Waals surface area (Å²) >= 11 is 1.43. The van der Waals surface area contributed by atoms with Crippen LogP contribution in [0.5, 0.6) is 0 Å². The van der Waals surface area contributed by atoms with Crippen LogP contribution in [0.3, 0.4) is 0 Å². The van der Waals surface area contributed by atoms with Crippen molar-refractivity contribution in [2.45, 2.75) is 56.6 Å². The predicted molar refractivity (Wildman–Crippen MR) is 182 cm³/mol. The zero-order valence-corrected chi connectivity index (χ0v) is 26.6. The highest BCUT2D eigenvalue weighted by Gasteiger charge is 2.17. The fourth-order valence-corrected chi connectivity index (χ4v) is 5.22. The van der Waals surface area contributed by atoms with Gasteiger partial charge in [-0.25, -0.2) is 0 Å². The van der Waals surface area contributed by atoms with Crippen LogP contribution in [-0.4, -0.2) is 23.0 Å². The van der Waals surface area contributed by atoms with Gasteiger partial charge >= 0.3 is 0 Å². The molecule has 0 heterocycles. The van der Waals surface area contributed by atoms with Gasteiger partial charge in [0, 0.05) is 21.8 Å². The van der Waals surface area contributed by atoms with Crippen LogP contribution in [0.2, 0.25) is 0 Å². The fourth-order valence-electron chi connectivity index (χ4n) is 4.35. The lowest BCUT2D eigenvalue weighted by Crippen LogP contribution is -2.30. The van der Waals surface area contributed by atoms with E-state index in [1.54, 1.807) is 42.5 Å². The maximum atomic E-state index is 13.4. The monoisotopic (exact) mass is 605 g/mol. The van der Waals surface area contributed by atoms with Crippen LogP contribution in [0.25, 0.3) is 6.08 Å². The molecular weight excluding hydrogens is 566 g/mol. The van der Waals surface area contributed by atoms with E-state index in [-0.39, 0.29) is 22.8 Å². The molecule has 0 aromatic heterocycles. The van der Waals surface area contributed by atoms with Crippen molar-refractivity contribution < 1.29 is 14.4 Å². The van der Waals surface area contributed by atoms with Crippen LogP contribution in [0.15, 0.2) is 114 Å². The first-order valence-corrected chi connectivity index (χ1v) is 15.6. The Morgan fingerprint density at radius 1 is 0.636 bits per heavy atom. The first-order chi connectivity index (χ1) is 21.1. The molecule has 0 bridgehead atoms. The molecule has 4 aromatic carbocycles. The number of hydrogen-bond donors (Lipinski definition) is 3. The minimum atomic E-state index is -0.446. The SMILES string of the molecule is CC(Sc1ccc(NC(=O)/C(=C/c2ccc(C(C)C)cc2)NC(=O)c2ccccc2)cc1)C(=O)Nc1ccc(C(C)C)cc1. The first kappa shape index (κ1) is 32.3. The first-order valence-electron chi connectivity index (χ1n) is 14.8. The zero-order valence-electron chi connectivity index (χ0n) is 25.8. The van der Waals surface area contributed by atoms with Crippen LogP contribution < -0.4 is 16.0 Å². The molecule has 1 atom stereocenters. The van der Waals surface area contributed by atoms with Crippen molar-refractivity contribution in [3.8, 4) is 0 Å². The highest BCUT2D eigenvalue weighted by molar-refractivity contribution is 8.00. The summed E-state index contributed by atoms with van der Waals surface area (Å²) in [4.78, 5) is 40.0. The van der Waals surface area contributed by atoms with E-state index in [9.17, 15) is 14.4 Å². The van der Waals surface area contributed by atoms with Gasteiger partial charge in [0.15, 0.2) is 0 Å². The maximum absolute atomic E-state index is 13.4. The molecule has 3 amide bonds. The number of carbonyl (C=O) groups is 3. The third-order valence-corrected chi connectivity index (χ3v) is 8.19. The van der Waals surface area contributed by atoms with E-state index in [1.165, 1.54) is 22.9 Å². The molecule has 6 nitrogen and oxygen atoms in total. The van der Waals surface area contributed by atoms with Crippen LogP contribution in [0, 0.1) is 0 Å². The molecule has 226 valence electrons. The molecule has 7 heteroatoms. The summed E-state index contributed by atoms with van der Waals surface area (Å²) in [6.45, 7) is 10.4. The number of nitrogens with one attached hydrogen (secondary N) is 3. The average molecular weight is 606 g/mol. The number of thioether (sulfide) groups is 1. The fraction of sp³-hybridized carbons (Fsp3) is 0.216. The highest BCUT2D eigenvalue weighted by atomic mass is 32.2. The van der Waals surface area contributed by atoms with E-state index in [1.807, 2.05) is 73.7 Å². The molecule has 4 aromatic rings. The van der Waals surface area contributed by atoms with Gasteiger partial charge < -0.3 is 16.0 Å². The lowest BCUT2D eigenvalue weighted by atomic mass is 10.0. The molecule has 0 aliphatic heterocycles. The van der Waals surface area contributed by atoms with E-state index in [4.69, 9.17) is 0 Å². The average Bonchev–Trinajstić information content (AvgIpc) is 3.02. The maximum Gasteiger partial charge on any atom is 0.272 e. The van der Waals surface area contributed by atoms with Crippen molar-refractivity contribution in [2.75, 3.05) is 10.6 Å². The Labute approximate surface area is 264 Å². The van der Waals surface area contributed by atoms with Crippen molar-refractivity contribution in [2.24, 2.45) is 0 Å². The standard InChI is InChI=1S/C37H39N3O3S/c1-24(2)28-13-11-27(12-14-28)23-34(40-36(42)30-9-7-6-8-10-30)37(43)39-32-19-21-33(22-20-32)44-26(5)35(41)38-31-17-15-29(16-18-31)25(3)4/h6-26H,1-5H3,(H,38,41)(H,39,43)(H,40,42)/b34-23-. The van der Waals surface area contributed by atoms with Gasteiger partial charge in [-0.3, -0.25) is 14.4 Å². The quantitative estimate of drug-likeness (QED) is 0.118. The molecule has 0 aliphatic rings. The lowest BCUT2D eigenvalue weighted by molar-refractivity contribution is -0.115. The van der Waals surface area contributed by atoms with E-state index < -0.39 is 5.91 Å². The third kappa shape index (κ3) is 9.19. The number of amides is 3. The Balaban J connectivity index is 1.42. The smallest absolute Gasteiger partial charge is 0.272 e. The molecule has 4 rings (SSSR count). The number of anilines is 2. The number of benzene rings is 4. The summed E-state index contributed by atoms with van der Waals surface area (Å²) in [5.41, 5.74) is 5.11. The summed E-state index contributed by atoms with van der Waals surface area (Å²) in [6.07, 6.45) is 1.67. The molecule has 0 radical (unpaired) electrons. The van der Waals surface area contributed by atoms with Crippen molar-refractivity contribution in [3.05, 3.63) is 131 Å². The van der Waals surface area contributed by atoms with Crippen molar-refractivity contribution in [3.63, 3.8) is 0 Å². The van der Waals surface area contributed by atoms with E-state index in [0.29, 0.717) is 23.1 Å². The molecule has 0 saturated heterocycles. The number of hydrogen-bond acceptors (Lipinski definition) is 4. The van der Waals surface area contributed by atoms with Gasteiger partial charge in [-0.15, -0.1) is 11.8 Å². The Morgan fingerprint density at radius 2 is 1.16 bits per heavy atom. The molecule has 44 heavy (non-hydrogen) atoms. The summed E-state index contributed by atoms with van der Waals surface area (Å²) < 4.78 is 0. The van der Waals surface area contributed by atoms with Crippen molar-refractivity contribution in [1.82, 2.24) is 5.32 Å². The van der Waals surface area contributed by atoms with Gasteiger partial charge in [0.2, 0.25) is 5.91 Å². The van der Waals surface area contributed by atoms with Gasteiger partial charge in [0.1, 0.15) is 5.70 Å². The summed E-state index contributed by atoms with van der Waals surface area (Å²) in [7, 11) is 0. The lowest BCUT2D eigenvalue weighted by Gasteiger charge is -2.14. The molecule has 3 N–H and O–H groups in total. The minimum absolute atomic E-state index is 0.0879. The molecule has 0 saturated carbocycles. The number of carbonyl (C=O) groups excluding carboxylic acids is 3. The predicted octanol–water partition coefficient (Wildman–Crippen LogP) is 8.46.